The van der Waals surface area contributed by atoms with Crippen LogP contribution in [0.15, 0.2) is 42.5 Å². The van der Waals surface area contributed by atoms with Gasteiger partial charge >= 0.3 is 6.09 Å². The van der Waals surface area contributed by atoms with Gasteiger partial charge in [-0.1, -0.05) is 42.5 Å². The highest BCUT2D eigenvalue weighted by molar-refractivity contribution is 5.86. The van der Waals surface area contributed by atoms with Gasteiger partial charge in [0, 0.05) is 6.61 Å². The smallest absolute Gasteiger partial charge is 0.408 e. The van der Waals surface area contributed by atoms with E-state index in [1.54, 1.807) is 0 Å². The molecule has 0 bridgehead atoms. The van der Waals surface area contributed by atoms with Gasteiger partial charge < -0.3 is 15.2 Å². The molecule has 2 N–H and O–H groups in total. The Bertz CT molecular complexity index is 641. The normalized spacial score (nSPS) is 12.9. The summed E-state index contributed by atoms with van der Waals surface area (Å²) < 4.78 is 5.32. The summed E-state index contributed by atoms with van der Waals surface area (Å²) in [6.07, 6.45) is -0.0355. The fourth-order valence-electron chi connectivity index (χ4n) is 2.44. The number of aliphatic hydroxyl groups is 1. The van der Waals surface area contributed by atoms with Crippen LogP contribution in [-0.2, 0) is 4.74 Å². The van der Waals surface area contributed by atoms with Crippen LogP contribution >= 0.6 is 0 Å². The van der Waals surface area contributed by atoms with Gasteiger partial charge in [0.25, 0.3) is 0 Å². The number of carbonyl (C=O) groups is 1. The highest BCUT2D eigenvalue weighted by Crippen LogP contribution is 2.26. The SMILES string of the molecule is CC(C)(C)OC(=O)N[C@H](CCO)c1cccc2ccccc12. The minimum absolute atomic E-state index is 0.0102. The van der Waals surface area contributed by atoms with Gasteiger partial charge in [-0.05, 0) is 43.5 Å². The van der Waals surface area contributed by atoms with Crippen molar-refractivity contribution < 1.29 is 14.6 Å². The fourth-order valence-corrected chi connectivity index (χ4v) is 2.44. The minimum atomic E-state index is -0.549. The van der Waals surface area contributed by atoms with E-state index in [2.05, 4.69) is 5.32 Å². The van der Waals surface area contributed by atoms with Crippen molar-refractivity contribution in [1.82, 2.24) is 5.32 Å². The van der Waals surface area contributed by atoms with Crippen molar-refractivity contribution in [3.8, 4) is 0 Å². The highest BCUT2D eigenvalue weighted by Gasteiger charge is 2.21. The lowest BCUT2D eigenvalue weighted by Gasteiger charge is -2.24. The Balaban J connectivity index is 2.28. The number of amides is 1. The molecule has 0 spiro atoms. The molecule has 0 fully saturated rings. The maximum atomic E-state index is 12.0. The number of aliphatic hydroxyl groups excluding tert-OH is 1. The largest absolute Gasteiger partial charge is 0.444 e. The highest BCUT2D eigenvalue weighted by atomic mass is 16.6. The minimum Gasteiger partial charge on any atom is -0.444 e. The summed E-state index contributed by atoms with van der Waals surface area (Å²) in [4.78, 5) is 12.0. The Morgan fingerprint density at radius 3 is 2.55 bits per heavy atom. The van der Waals surface area contributed by atoms with E-state index >= 15 is 0 Å². The van der Waals surface area contributed by atoms with Gasteiger partial charge in [0.05, 0.1) is 6.04 Å². The molecular formula is C18H23NO3. The summed E-state index contributed by atoms with van der Waals surface area (Å²) in [5, 5.41) is 14.4. The van der Waals surface area contributed by atoms with E-state index in [9.17, 15) is 9.90 Å². The fraction of sp³-hybridized carbons (Fsp3) is 0.389. The van der Waals surface area contributed by atoms with Crippen molar-refractivity contribution in [3.63, 3.8) is 0 Å². The molecule has 0 saturated carbocycles. The summed E-state index contributed by atoms with van der Waals surface area (Å²) in [6.45, 7) is 5.46. The first-order valence-electron chi connectivity index (χ1n) is 7.49. The van der Waals surface area contributed by atoms with Gasteiger partial charge in [-0.2, -0.15) is 0 Å². The van der Waals surface area contributed by atoms with Crippen LogP contribution in [0.3, 0.4) is 0 Å². The van der Waals surface area contributed by atoms with Gasteiger partial charge in [0.2, 0.25) is 0 Å². The van der Waals surface area contributed by atoms with Crippen LogP contribution in [0.4, 0.5) is 4.79 Å². The van der Waals surface area contributed by atoms with Crippen molar-refractivity contribution in [2.75, 3.05) is 6.61 Å². The standard InChI is InChI=1S/C18H23NO3/c1-18(2,3)22-17(21)19-16(11-12-20)15-10-6-8-13-7-4-5-9-14(13)15/h4-10,16,20H,11-12H2,1-3H3,(H,19,21)/t16-/m1/s1. The lowest BCUT2D eigenvalue weighted by atomic mass is 9.97. The van der Waals surface area contributed by atoms with Crippen molar-refractivity contribution >= 4 is 16.9 Å². The number of hydrogen-bond donors (Lipinski definition) is 2. The van der Waals surface area contributed by atoms with Gasteiger partial charge in [0.1, 0.15) is 5.60 Å². The zero-order valence-electron chi connectivity index (χ0n) is 13.3. The Morgan fingerprint density at radius 1 is 1.18 bits per heavy atom. The molecule has 0 radical (unpaired) electrons. The summed E-state index contributed by atoms with van der Waals surface area (Å²) in [5.74, 6) is 0. The molecule has 0 aliphatic rings. The van der Waals surface area contributed by atoms with Crippen LogP contribution < -0.4 is 5.32 Å². The number of fused-ring (bicyclic) bond motifs is 1. The molecule has 0 aliphatic carbocycles. The molecule has 0 heterocycles. The molecule has 2 aromatic rings. The van der Waals surface area contributed by atoms with E-state index in [-0.39, 0.29) is 12.6 Å². The number of benzene rings is 2. The molecule has 1 amide bonds. The summed E-state index contributed by atoms with van der Waals surface area (Å²) in [5.41, 5.74) is 0.435. The summed E-state index contributed by atoms with van der Waals surface area (Å²) in [6, 6.07) is 13.7. The third-order valence-corrected chi connectivity index (χ3v) is 3.31. The van der Waals surface area contributed by atoms with Crippen LogP contribution in [0.25, 0.3) is 10.8 Å². The second-order valence-corrected chi connectivity index (χ2v) is 6.28. The first-order valence-corrected chi connectivity index (χ1v) is 7.49. The lowest BCUT2D eigenvalue weighted by molar-refractivity contribution is 0.0497. The third kappa shape index (κ3) is 4.21. The average Bonchev–Trinajstić information content (AvgIpc) is 2.44. The molecule has 2 aromatic carbocycles. The van der Waals surface area contributed by atoms with E-state index in [4.69, 9.17) is 4.74 Å². The molecule has 0 aliphatic heterocycles. The van der Waals surface area contributed by atoms with Crippen molar-refractivity contribution in [3.05, 3.63) is 48.0 Å². The van der Waals surface area contributed by atoms with E-state index in [1.165, 1.54) is 0 Å². The van der Waals surface area contributed by atoms with E-state index < -0.39 is 11.7 Å². The number of carbonyl (C=O) groups excluding carboxylic acids is 1. The van der Waals surface area contributed by atoms with E-state index in [0.717, 1.165) is 16.3 Å². The van der Waals surface area contributed by atoms with E-state index in [0.29, 0.717) is 6.42 Å². The maximum absolute atomic E-state index is 12.0. The summed E-state index contributed by atoms with van der Waals surface area (Å²) >= 11 is 0. The summed E-state index contributed by atoms with van der Waals surface area (Å²) in [7, 11) is 0. The van der Waals surface area contributed by atoms with Crippen molar-refractivity contribution in [2.24, 2.45) is 0 Å². The Morgan fingerprint density at radius 2 is 1.86 bits per heavy atom. The van der Waals surface area contributed by atoms with Crippen molar-refractivity contribution in [1.29, 1.82) is 0 Å². The first-order chi connectivity index (χ1) is 10.4. The lowest BCUT2D eigenvalue weighted by Crippen LogP contribution is -2.35. The maximum Gasteiger partial charge on any atom is 0.408 e. The predicted molar refractivity (Wildman–Crippen MR) is 87.8 cm³/mol. The predicted octanol–water partition coefficient (Wildman–Crippen LogP) is 3.79. The molecule has 0 aromatic heterocycles. The number of rotatable bonds is 4. The van der Waals surface area contributed by atoms with Crippen molar-refractivity contribution in [2.45, 2.75) is 38.8 Å². The quantitative estimate of drug-likeness (QED) is 0.903. The average molecular weight is 301 g/mol. The number of alkyl carbamates (subject to hydrolysis) is 1. The molecule has 22 heavy (non-hydrogen) atoms. The van der Waals surface area contributed by atoms with Crippen LogP contribution in [-0.4, -0.2) is 23.4 Å². The molecule has 4 nitrogen and oxygen atoms in total. The monoisotopic (exact) mass is 301 g/mol. The molecule has 1 atom stereocenters. The second-order valence-electron chi connectivity index (χ2n) is 6.28. The van der Waals surface area contributed by atoms with Gasteiger partial charge in [-0.15, -0.1) is 0 Å². The van der Waals surface area contributed by atoms with E-state index in [1.807, 2.05) is 63.2 Å². The number of ether oxygens (including phenoxy) is 1. The first kappa shape index (κ1) is 16.3. The van der Waals surface area contributed by atoms with Gasteiger partial charge in [0.15, 0.2) is 0 Å². The Labute approximate surface area is 131 Å². The molecule has 4 heteroatoms. The van der Waals surface area contributed by atoms with Crippen LogP contribution in [0.5, 0.6) is 0 Å². The number of nitrogens with one attached hydrogen (secondary N) is 1. The molecular weight excluding hydrogens is 278 g/mol. The van der Waals surface area contributed by atoms with Crippen LogP contribution in [0, 0.1) is 0 Å². The van der Waals surface area contributed by atoms with Gasteiger partial charge in [-0.25, -0.2) is 4.79 Å². The second kappa shape index (κ2) is 6.79. The molecule has 0 unspecified atom stereocenters. The van der Waals surface area contributed by atoms with Crippen LogP contribution in [0.1, 0.15) is 38.8 Å². The van der Waals surface area contributed by atoms with Gasteiger partial charge in [-0.3, -0.25) is 0 Å². The molecule has 118 valence electrons. The van der Waals surface area contributed by atoms with Crippen LogP contribution in [0.2, 0.25) is 0 Å². The molecule has 2 rings (SSSR count). The Kier molecular flexibility index (Phi) is 5.03. The topological polar surface area (TPSA) is 58.6 Å². The molecule has 0 saturated heterocycles. The number of hydrogen-bond acceptors (Lipinski definition) is 3. The zero-order valence-corrected chi connectivity index (χ0v) is 13.3. The Hall–Kier alpha value is -2.07. The third-order valence-electron chi connectivity index (χ3n) is 3.31. The zero-order chi connectivity index (χ0) is 16.2.